The van der Waals surface area contributed by atoms with Crippen LogP contribution >= 0.6 is 11.8 Å². The third-order valence-corrected chi connectivity index (χ3v) is 3.54. The van der Waals surface area contributed by atoms with Crippen molar-refractivity contribution in [2.75, 3.05) is 12.3 Å². The summed E-state index contributed by atoms with van der Waals surface area (Å²) in [6, 6.07) is 5.69. The molecule has 0 saturated heterocycles. The molecule has 0 atom stereocenters. The maximum Gasteiger partial charge on any atom is 0.212 e. The van der Waals surface area contributed by atoms with Crippen LogP contribution in [0.5, 0.6) is 0 Å². The van der Waals surface area contributed by atoms with Crippen molar-refractivity contribution in [2.24, 2.45) is 10.8 Å². The maximum absolute atomic E-state index is 5.56. The van der Waals surface area contributed by atoms with Crippen LogP contribution in [0.4, 0.5) is 0 Å². The molecule has 1 aliphatic heterocycles. The molecule has 0 spiro atoms. The fraction of sp³-hybridized carbons (Fsp3) is 0.273. The van der Waals surface area contributed by atoms with Crippen LogP contribution in [-0.4, -0.2) is 37.9 Å². The van der Waals surface area contributed by atoms with Crippen LogP contribution in [0.3, 0.4) is 0 Å². The summed E-state index contributed by atoms with van der Waals surface area (Å²) in [4.78, 5) is 4.27. The Balaban J connectivity index is 2.03. The Morgan fingerprint density at radius 1 is 1.33 bits per heavy atom. The van der Waals surface area contributed by atoms with Crippen molar-refractivity contribution in [1.82, 2.24) is 19.9 Å². The first-order chi connectivity index (χ1) is 8.88. The zero-order chi connectivity index (χ0) is 12.4. The van der Waals surface area contributed by atoms with Crippen molar-refractivity contribution in [3.63, 3.8) is 0 Å². The minimum absolute atomic E-state index is 0.607. The van der Waals surface area contributed by atoms with E-state index in [1.54, 1.807) is 22.6 Å². The Morgan fingerprint density at radius 2 is 2.28 bits per heavy atom. The topological polar surface area (TPSA) is 82.0 Å². The van der Waals surface area contributed by atoms with E-state index >= 15 is 0 Å². The van der Waals surface area contributed by atoms with Gasteiger partial charge in [-0.05, 0) is 18.7 Å². The second kappa shape index (κ2) is 4.87. The number of hydrogen-bond donors (Lipinski definition) is 1. The molecule has 1 aliphatic rings. The first-order valence-corrected chi connectivity index (χ1v) is 6.63. The van der Waals surface area contributed by atoms with Gasteiger partial charge in [-0.3, -0.25) is 4.98 Å². The molecule has 0 saturated carbocycles. The predicted molar refractivity (Wildman–Crippen MR) is 70.5 cm³/mol. The van der Waals surface area contributed by atoms with Gasteiger partial charge in [0.1, 0.15) is 5.69 Å². The molecule has 2 N–H and O–H groups in total. The Bertz CT molecular complexity index is 576. The molecule has 0 amide bonds. The van der Waals surface area contributed by atoms with Gasteiger partial charge in [0.25, 0.3) is 0 Å². The number of nitrogens with two attached hydrogens (primary N) is 1. The van der Waals surface area contributed by atoms with Crippen LogP contribution < -0.4 is 5.73 Å². The third kappa shape index (κ3) is 2.02. The average molecular weight is 260 g/mol. The lowest BCUT2D eigenvalue weighted by molar-refractivity contribution is 0.753. The molecule has 2 aromatic heterocycles. The Hall–Kier alpha value is -1.73. The van der Waals surface area contributed by atoms with Gasteiger partial charge in [-0.15, -0.1) is 10.2 Å². The molecular weight excluding hydrogens is 248 g/mol. The van der Waals surface area contributed by atoms with Crippen LogP contribution in [0.15, 0.2) is 34.7 Å². The van der Waals surface area contributed by atoms with E-state index in [2.05, 4.69) is 20.3 Å². The minimum atomic E-state index is 0.607. The lowest BCUT2D eigenvalue weighted by Gasteiger charge is -2.12. The van der Waals surface area contributed by atoms with Gasteiger partial charge in [0, 0.05) is 18.4 Å². The van der Waals surface area contributed by atoms with Crippen molar-refractivity contribution < 1.29 is 0 Å². The highest BCUT2D eigenvalue weighted by Gasteiger charge is 2.19. The fourth-order valence-corrected chi connectivity index (χ4v) is 2.55. The molecular formula is C11H12N6S. The molecule has 0 unspecified atom stereocenters. The molecule has 7 heteroatoms. The highest BCUT2D eigenvalue weighted by atomic mass is 32.2. The zero-order valence-electron chi connectivity index (χ0n) is 9.65. The van der Waals surface area contributed by atoms with Gasteiger partial charge in [0.15, 0.2) is 0 Å². The van der Waals surface area contributed by atoms with Gasteiger partial charge in [-0.1, -0.05) is 17.8 Å². The third-order valence-electron chi connectivity index (χ3n) is 2.55. The normalized spacial score (nSPS) is 14.2. The van der Waals surface area contributed by atoms with Crippen molar-refractivity contribution in [1.29, 1.82) is 0 Å². The van der Waals surface area contributed by atoms with E-state index < -0.39 is 0 Å². The molecule has 92 valence electrons. The largest absolute Gasteiger partial charge is 0.330 e. The van der Waals surface area contributed by atoms with Crippen LogP contribution in [0.2, 0.25) is 0 Å². The standard InChI is InChI=1S/C11H12N6S/c12-5-4-8-7-18-11-15-14-10(17(11)16-8)9-3-1-2-6-13-9/h1-3,6H,4-5,7,12H2. The number of pyridine rings is 1. The molecule has 0 aromatic carbocycles. The second-order valence-corrected chi connectivity index (χ2v) is 4.77. The number of aromatic nitrogens is 4. The van der Waals surface area contributed by atoms with Crippen molar-refractivity contribution in [3.8, 4) is 11.5 Å². The summed E-state index contributed by atoms with van der Waals surface area (Å²) in [6.45, 7) is 0.607. The summed E-state index contributed by atoms with van der Waals surface area (Å²) in [7, 11) is 0. The summed E-state index contributed by atoms with van der Waals surface area (Å²) in [6.07, 6.45) is 2.53. The van der Waals surface area contributed by atoms with Crippen LogP contribution in [0.1, 0.15) is 6.42 Å². The smallest absolute Gasteiger partial charge is 0.212 e. The SMILES string of the molecule is NCCC1=Nn2c(nnc2-c2ccccn2)SC1. The first kappa shape index (κ1) is 11.4. The lowest BCUT2D eigenvalue weighted by atomic mass is 10.3. The molecule has 18 heavy (non-hydrogen) atoms. The quantitative estimate of drug-likeness (QED) is 0.890. The molecule has 6 nitrogen and oxygen atoms in total. The van der Waals surface area contributed by atoms with E-state index in [0.717, 1.165) is 28.7 Å². The van der Waals surface area contributed by atoms with E-state index in [9.17, 15) is 0 Å². The van der Waals surface area contributed by atoms with Gasteiger partial charge >= 0.3 is 0 Å². The summed E-state index contributed by atoms with van der Waals surface area (Å²) in [5.41, 5.74) is 7.40. The fourth-order valence-electron chi connectivity index (χ4n) is 1.71. The highest BCUT2D eigenvalue weighted by Crippen LogP contribution is 2.26. The maximum atomic E-state index is 5.56. The van der Waals surface area contributed by atoms with Crippen LogP contribution in [-0.2, 0) is 0 Å². The molecule has 0 radical (unpaired) electrons. The molecule has 3 heterocycles. The minimum Gasteiger partial charge on any atom is -0.330 e. The monoisotopic (exact) mass is 260 g/mol. The zero-order valence-corrected chi connectivity index (χ0v) is 10.5. The summed E-state index contributed by atoms with van der Waals surface area (Å²) in [5.74, 6) is 1.50. The number of thioether (sulfide) groups is 1. The average Bonchev–Trinajstić information content (AvgIpc) is 2.83. The Labute approximate surface area is 108 Å². The van der Waals surface area contributed by atoms with E-state index in [1.807, 2.05) is 18.2 Å². The van der Waals surface area contributed by atoms with Crippen molar-refractivity contribution in [2.45, 2.75) is 11.6 Å². The van der Waals surface area contributed by atoms with Gasteiger partial charge in [0.05, 0.1) is 5.71 Å². The molecule has 0 aliphatic carbocycles. The summed E-state index contributed by atoms with van der Waals surface area (Å²) >= 11 is 1.63. The Kier molecular flexibility index (Phi) is 3.07. The van der Waals surface area contributed by atoms with Crippen LogP contribution in [0, 0.1) is 0 Å². The number of rotatable bonds is 3. The molecule has 0 bridgehead atoms. The highest BCUT2D eigenvalue weighted by molar-refractivity contribution is 7.99. The summed E-state index contributed by atoms with van der Waals surface area (Å²) in [5, 5.41) is 13.6. The molecule has 0 fully saturated rings. The second-order valence-electron chi connectivity index (χ2n) is 3.83. The predicted octanol–water partition coefficient (Wildman–Crippen LogP) is 0.999. The summed E-state index contributed by atoms with van der Waals surface area (Å²) < 4.78 is 1.75. The van der Waals surface area contributed by atoms with Gasteiger partial charge in [-0.2, -0.15) is 9.78 Å². The van der Waals surface area contributed by atoms with Gasteiger partial charge in [0.2, 0.25) is 11.0 Å². The van der Waals surface area contributed by atoms with Gasteiger partial charge in [-0.25, -0.2) is 0 Å². The van der Waals surface area contributed by atoms with E-state index in [-0.39, 0.29) is 0 Å². The van der Waals surface area contributed by atoms with E-state index in [4.69, 9.17) is 5.73 Å². The van der Waals surface area contributed by atoms with Crippen molar-refractivity contribution >= 4 is 17.5 Å². The molecule has 3 rings (SSSR count). The van der Waals surface area contributed by atoms with Crippen LogP contribution in [0.25, 0.3) is 11.5 Å². The number of fused-ring (bicyclic) bond motifs is 1. The Morgan fingerprint density at radius 3 is 3.06 bits per heavy atom. The first-order valence-electron chi connectivity index (χ1n) is 5.65. The number of nitrogens with zero attached hydrogens (tertiary/aromatic N) is 5. The molecule has 2 aromatic rings. The van der Waals surface area contributed by atoms with E-state index in [0.29, 0.717) is 12.4 Å². The lowest BCUT2D eigenvalue weighted by Crippen LogP contribution is -2.16. The van der Waals surface area contributed by atoms with Crippen molar-refractivity contribution in [3.05, 3.63) is 24.4 Å². The van der Waals surface area contributed by atoms with Gasteiger partial charge < -0.3 is 5.73 Å². The van der Waals surface area contributed by atoms with E-state index in [1.165, 1.54) is 0 Å². The number of hydrogen-bond acceptors (Lipinski definition) is 6.